The smallest absolute Gasteiger partial charge is 0.261 e. The van der Waals surface area contributed by atoms with Crippen LogP contribution in [0.25, 0.3) is 0 Å². The number of aromatic nitrogens is 1. The topological polar surface area (TPSA) is 77.5 Å². The van der Waals surface area contributed by atoms with Crippen LogP contribution in [0, 0.1) is 0 Å². The van der Waals surface area contributed by atoms with E-state index in [2.05, 4.69) is 9.71 Å². The Balaban J connectivity index is 1.73. The Morgan fingerprint density at radius 2 is 1.74 bits per heavy atom. The van der Waals surface area contributed by atoms with Gasteiger partial charge in [0.15, 0.2) is 0 Å². The van der Waals surface area contributed by atoms with Gasteiger partial charge in [0.1, 0.15) is 11.5 Å². The summed E-state index contributed by atoms with van der Waals surface area (Å²) >= 11 is 0. The zero-order valence-corrected chi connectivity index (χ0v) is 15.9. The molecule has 0 saturated heterocycles. The number of pyridine rings is 1. The van der Waals surface area contributed by atoms with Gasteiger partial charge in [0, 0.05) is 6.07 Å². The van der Waals surface area contributed by atoms with E-state index in [0.717, 1.165) is 17.7 Å². The molecular weight excluding hydrogens is 364 g/mol. The number of ether oxygens (including phenoxy) is 2. The van der Waals surface area contributed by atoms with E-state index in [1.807, 2.05) is 31.2 Å². The zero-order chi connectivity index (χ0) is 19.3. The first-order chi connectivity index (χ1) is 13.0. The molecule has 0 saturated carbocycles. The molecule has 0 spiro atoms. The lowest BCUT2D eigenvalue weighted by Crippen LogP contribution is -2.13. The Morgan fingerprint density at radius 3 is 2.37 bits per heavy atom. The quantitative estimate of drug-likeness (QED) is 0.659. The van der Waals surface area contributed by atoms with Crippen molar-refractivity contribution in [2.24, 2.45) is 0 Å². The number of hydrogen-bond donors (Lipinski definition) is 1. The van der Waals surface area contributed by atoms with Gasteiger partial charge in [0.05, 0.1) is 23.9 Å². The molecule has 0 atom stereocenters. The summed E-state index contributed by atoms with van der Waals surface area (Å²) in [6, 6.07) is 17.1. The Morgan fingerprint density at radius 1 is 1.00 bits per heavy atom. The first kappa shape index (κ1) is 18.7. The monoisotopic (exact) mass is 384 g/mol. The van der Waals surface area contributed by atoms with E-state index in [-0.39, 0.29) is 4.90 Å². The van der Waals surface area contributed by atoms with Crippen LogP contribution in [0.15, 0.2) is 71.8 Å². The number of sulfonamides is 1. The number of nitrogens with zero attached hydrogens (tertiary/aromatic N) is 1. The summed E-state index contributed by atoms with van der Waals surface area (Å²) in [6.45, 7) is 2.05. The highest BCUT2D eigenvalue weighted by Gasteiger charge is 2.14. The molecule has 1 N–H and O–H groups in total. The summed E-state index contributed by atoms with van der Waals surface area (Å²) in [4.78, 5) is 4.32. The van der Waals surface area contributed by atoms with Gasteiger partial charge in [-0.15, -0.1) is 0 Å². The molecule has 0 amide bonds. The Hall–Kier alpha value is -3.06. The van der Waals surface area contributed by atoms with E-state index in [1.165, 1.54) is 25.4 Å². The van der Waals surface area contributed by atoms with E-state index in [0.29, 0.717) is 17.3 Å². The molecule has 6 nitrogen and oxygen atoms in total. The second-order valence-corrected chi connectivity index (χ2v) is 7.41. The predicted octanol–water partition coefficient (Wildman–Crippen LogP) is 4.25. The molecule has 0 fully saturated rings. The number of rotatable bonds is 7. The number of benzene rings is 2. The zero-order valence-electron chi connectivity index (χ0n) is 15.0. The van der Waals surface area contributed by atoms with Crippen LogP contribution < -0.4 is 14.2 Å². The number of nitrogens with one attached hydrogen (secondary N) is 1. The molecular formula is C20H20N2O4S. The van der Waals surface area contributed by atoms with E-state index >= 15 is 0 Å². The van der Waals surface area contributed by atoms with Crippen molar-refractivity contribution < 1.29 is 17.9 Å². The molecule has 3 rings (SSSR count). The van der Waals surface area contributed by atoms with Gasteiger partial charge in [0.2, 0.25) is 5.88 Å². The summed E-state index contributed by atoms with van der Waals surface area (Å²) in [6.07, 6.45) is 2.26. The van der Waals surface area contributed by atoms with Crippen LogP contribution in [0.4, 0.5) is 5.69 Å². The summed E-state index contributed by atoms with van der Waals surface area (Å²) in [5, 5.41) is 0. The molecule has 0 radical (unpaired) electrons. The maximum Gasteiger partial charge on any atom is 0.261 e. The molecule has 2 aromatic carbocycles. The standard InChI is InChI=1S/C20H20N2O4S/c1-3-15-6-4-5-7-19(15)26-20-13-8-16(14-21-20)22-27(23,24)18-11-9-17(25-2)10-12-18/h4-14,22H,3H2,1-2H3. The van der Waals surface area contributed by atoms with Crippen LogP contribution in [0.1, 0.15) is 12.5 Å². The van der Waals surface area contributed by atoms with Gasteiger partial charge in [-0.2, -0.15) is 0 Å². The molecule has 7 heteroatoms. The molecule has 0 aliphatic heterocycles. The van der Waals surface area contributed by atoms with Crippen molar-refractivity contribution in [1.82, 2.24) is 4.98 Å². The summed E-state index contributed by atoms with van der Waals surface area (Å²) in [7, 11) is -2.18. The normalized spacial score (nSPS) is 11.0. The first-order valence-corrected chi connectivity index (χ1v) is 9.89. The minimum absolute atomic E-state index is 0.139. The molecule has 1 heterocycles. The van der Waals surface area contributed by atoms with Gasteiger partial charge < -0.3 is 9.47 Å². The maximum atomic E-state index is 12.4. The molecule has 27 heavy (non-hydrogen) atoms. The predicted molar refractivity (Wildman–Crippen MR) is 104 cm³/mol. The lowest BCUT2D eigenvalue weighted by atomic mass is 10.1. The maximum absolute atomic E-state index is 12.4. The van der Waals surface area contributed by atoms with Gasteiger partial charge in [-0.1, -0.05) is 25.1 Å². The number of anilines is 1. The number of para-hydroxylation sites is 1. The van der Waals surface area contributed by atoms with Crippen LogP contribution in [0.2, 0.25) is 0 Å². The fourth-order valence-corrected chi connectivity index (χ4v) is 3.52. The van der Waals surface area contributed by atoms with Crippen molar-refractivity contribution in [2.75, 3.05) is 11.8 Å². The molecule has 0 aliphatic rings. The second kappa shape index (κ2) is 8.09. The van der Waals surface area contributed by atoms with Gasteiger partial charge in [0.25, 0.3) is 10.0 Å². The van der Waals surface area contributed by atoms with Crippen LogP contribution in [-0.4, -0.2) is 20.5 Å². The van der Waals surface area contributed by atoms with Crippen molar-refractivity contribution in [1.29, 1.82) is 0 Å². The first-order valence-electron chi connectivity index (χ1n) is 8.40. The Labute approximate surface area is 158 Å². The van der Waals surface area contributed by atoms with Gasteiger partial charge >= 0.3 is 0 Å². The minimum atomic E-state index is -3.71. The Kier molecular flexibility index (Phi) is 5.61. The van der Waals surface area contributed by atoms with Crippen molar-refractivity contribution >= 4 is 15.7 Å². The second-order valence-electron chi connectivity index (χ2n) is 5.73. The summed E-state index contributed by atoms with van der Waals surface area (Å²) in [5.41, 5.74) is 1.42. The molecule has 3 aromatic rings. The SMILES string of the molecule is CCc1ccccc1Oc1ccc(NS(=O)(=O)c2ccc(OC)cc2)cn1. The number of methoxy groups -OCH3 is 1. The van der Waals surface area contributed by atoms with Crippen LogP contribution in [0.5, 0.6) is 17.4 Å². The highest BCUT2D eigenvalue weighted by atomic mass is 32.2. The van der Waals surface area contributed by atoms with Crippen LogP contribution in [-0.2, 0) is 16.4 Å². The highest BCUT2D eigenvalue weighted by molar-refractivity contribution is 7.92. The third-order valence-electron chi connectivity index (χ3n) is 3.93. The largest absolute Gasteiger partial charge is 0.497 e. The highest BCUT2D eigenvalue weighted by Crippen LogP contribution is 2.25. The lowest BCUT2D eigenvalue weighted by molar-refractivity contribution is 0.414. The van der Waals surface area contributed by atoms with E-state index < -0.39 is 10.0 Å². The van der Waals surface area contributed by atoms with Crippen molar-refractivity contribution in [2.45, 2.75) is 18.2 Å². The van der Waals surface area contributed by atoms with Crippen molar-refractivity contribution in [3.05, 3.63) is 72.4 Å². The fourth-order valence-electron chi connectivity index (χ4n) is 2.48. The third-order valence-corrected chi connectivity index (χ3v) is 5.32. The number of hydrogen-bond acceptors (Lipinski definition) is 5. The van der Waals surface area contributed by atoms with Crippen LogP contribution in [0.3, 0.4) is 0 Å². The van der Waals surface area contributed by atoms with Crippen LogP contribution >= 0.6 is 0 Å². The third kappa shape index (κ3) is 4.57. The van der Waals surface area contributed by atoms with E-state index in [4.69, 9.17) is 9.47 Å². The molecule has 0 aliphatic carbocycles. The average molecular weight is 384 g/mol. The molecule has 0 bridgehead atoms. The minimum Gasteiger partial charge on any atom is -0.497 e. The lowest BCUT2D eigenvalue weighted by Gasteiger charge is -2.11. The summed E-state index contributed by atoms with van der Waals surface area (Å²) in [5.74, 6) is 1.71. The fraction of sp³-hybridized carbons (Fsp3) is 0.150. The molecule has 0 unspecified atom stereocenters. The van der Waals surface area contributed by atoms with Gasteiger partial charge in [-0.3, -0.25) is 4.72 Å². The van der Waals surface area contributed by atoms with Gasteiger partial charge in [-0.05, 0) is 48.4 Å². The van der Waals surface area contributed by atoms with Crippen molar-refractivity contribution in [3.63, 3.8) is 0 Å². The van der Waals surface area contributed by atoms with E-state index in [1.54, 1.807) is 24.3 Å². The average Bonchev–Trinajstić information content (AvgIpc) is 2.70. The van der Waals surface area contributed by atoms with Crippen molar-refractivity contribution in [3.8, 4) is 17.4 Å². The molecule has 1 aromatic heterocycles. The Bertz CT molecular complexity index is 1000. The summed E-state index contributed by atoms with van der Waals surface area (Å²) < 4.78 is 38.2. The molecule has 140 valence electrons. The van der Waals surface area contributed by atoms with Gasteiger partial charge in [-0.25, -0.2) is 13.4 Å². The number of aryl methyl sites for hydroxylation is 1. The van der Waals surface area contributed by atoms with E-state index in [9.17, 15) is 8.42 Å².